The van der Waals surface area contributed by atoms with Crippen LogP contribution in [-0.4, -0.2) is 60.9 Å². The first-order valence-electron chi connectivity index (χ1n) is 11.6. The summed E-state index contributed by atoms with van der Waals surface area (Å²) in [7, 11) is 0. The Morgan fingerprint density at radius 3 is 1.97 bits per heavy atom. The van der Waals surface area contributed by atoms with Crippen molar-refractivity contribution in [2.45, 2.75) is 31.9 Å². The number of halogens is 3. The number of fused-ring (bicyclic) bond motifs is 1. The van der Waals surface area contributed by atoms with Crippen LogP contribution in [0.25, 0.3) is 0 Å². The normalized spacial score (nSPS) is 16.9. The quantitative estimate of drug-likeness (QED) is 0.352. The molecule has 0 radical (unpaired) electrons. The molecule has 2 aromatic rings. The van der Waals surface area contributed by atoms with E-state index in [4.69, 9.17) is 5.73 Å². The highest BCUT2D eigenvalue weighted by Gasteiger charge is 2.35. The standard InChI is InChI=1S/C25H29F3N4O2/c26-25(27,28)21-17-18(9-10-22(21)29)31-15-13-30(14-16-31)11-5-1-2-6-12-32-23(33)19-7-3-4-8-20(19)24(32)34/h3-4,7-10,17H,1-2,5-6,11-16,29H2. The topological polar surface area (TPSA) is 69.9 Å². The highest BCUT2D eigenvalue weighted by Crippen LogP contribution is 2.36. The second-order valence-electron chi connectivity index (χ2n) is 8.82. The van der Waals surface area contributed by atoms with Gasteiger partial charge in [-0.05, 0) is 49.7 Å². The average molecular weight is 475 g/mol. The second-order valence-corrected chi connectivity index (χ2v) is 8.82. The SMILES string of the molecule is Nc1ccc(N2CCN(CCCCCCN3C(=O)c4ccccc4C3=O)CC2)cc1C(F)(F)F. The van der Waals surface area contributed by atoms with E-state index in [1.54, 1.807) is 30.3 Å². The average Bonchev–Trinajstić information content (AvgIpc) is 3.06. The van der Waals surface area contributed by atoms with Gasteiger partial charge in [-0.25, -0.2) is 0 Å². The lowest BCUT2D eigenvalue weighted by atomic mass is 10.1. The Morgan fingerprint density at radius 2 is 1.38 bits per heavy atom. The maximum Gasteiger partial charge on any atom is 0.418 e. The molecule has 2 heterocycles. The highest BCUT2D eigenvalue weighted by atomic mass is 19.4. The Kier molecular flexibility index (Phi) is 7.11. The first-order valence-corrected chi connectivity index (χ1v) is 11.6. The number of unbranched alkanes of at least 4 members (excludes halogenated alkanes) is 3. The number of imide groups is 1. The van der Waals surface area contributed by atoms with Crippen molar-refractivity contribution in [3.05, 3.63) is 59.2 Å². The zero-order valence-corrected chi connectivity index (χ0v) is 19.0. The number of nitrogens with zero attached hydrogens (tertiary/aromatic N) is 3. The monoisotopic (exact) mass is 474 g/mol. The Labute approximate surface area is 197 Å². The molecule has 2 aliphatic rings. The minimum absolute atomic E-state index is 0.207. The molecule has 182 valence electrons. The van der Waals surface area contributed by atoms with Crippen LogP contribution in [0.5, 0.6) is 0 Å². The molecule has 2 aliphatic heterocycles. The van der Waals surface area contributed by atoms with Gasteiger partial charge in [0.25, 0.3) is 11.8 Å². The van der Waals surface area contributed by atoms with Crippen molar-refractivity contribution in [3.8, 4) is 0 Å². The smallest absolute Gasteiger partial charge is 0.398 e. The van der Waals surface area contributed by atoms with Gasteiger partial charge in [-0.1, -0.05) is 25.0 Å². The molecular formula is C25H29F3N4O2. The Bertz CT molecular complexity index is 1010. The van der Waals surface area contributed by atoms with Gasteiger partial charge in [0.2, 0.25) is 0 Å². The number of benzene rings is 2. The first kappa shape index (κ1) is 24.1. The van der Waals surface area contributed by atoms with Gasteiger partial charge >= 0.3 is 6.18 Å². The van der Waals surface area contributed by atoms with Crippen molar-refractivity contribution in [2.75, 3.05) is 49.9 Å². The lowest BCUT2D eigenvalue weighted by Crippen LogP contribution is -2.46. The fourth-order valence-electron chi connectivity index (χ4n) is 4.62. The maximum absolute atomic E-state index is 13.1. The van der Waals surface area contributed by atoms with Crippen LogP contribution in [0.2, 0.25) is 0 Å². The van der Waals surface area contributed by atoms with Gasteiger partial charge in [-0.15, -0.1) is 0 Å². The second kappa shape index (κ2) is 10.0. The molecule has 0 aromatic heterocycles. The number of alkyl halides is 3. The third-order valence-electron chi connectivity index (χ3n) is 6.56. The molecular weight excluding hydrogens is 445 g/mol. The number of hydrogen-bond acceptors (Lipinski definition) is 5. The van der Waals surface area contributed by atoms with Crippen LogP contribution in [0.3, 0.4) is 0 Å². The molecule has 2 N–H and O–H groups in total. The minimum Gasteiger partial charge on any atom is -0.398 e. The molecule has 0 aliphatic carbocycles. The van der Waals surface area contributed by atoms with Crippen LogP contribution in [0.15, 0.2) is 42.5 Å². The maximum atomic E-state index is 13.1. The van der Waals surface area contributed by atoms with Gasteiger partial charge in [0, 0.05) is 44.1 Å². The molecule has 2 aromatic carbocycles. The van der Waals surface area contributed by atoms with Crippen molar-refractivity contribution < 1.29 is 22.8 Å². The van der Waals surface area contributed by atoms with E-state index in [1.165, 1.54) is 11.0 Å². The van der Waals surface area contributed by atoms with Crippen molar-refractivity contribution in [2.24, 2.45) is 0 Å². The Balaban J connectivity index is 1.14. The predicted molar refractivity (Wildman–Crippen MR) is 125 cm³/mol. The summed E-state index contributed by atoms with van der Waals surface area (Å²) in [6.07, 6.45) is -0.753. The third kappa shape index (κ3) is 5.19. The number of rotatable bonds is 8. The van der Waals surface area contributed by atoms with Gasteiger partial charge in [0.15, 0.2) is 0 Å². The number of nitrogens with two attached hydrogens (primary N) is 1. The fourth-order valence-corrected chi connectivity index (χ4v) is 4.62. The molecule has 2 amide bonds. The van der Waals surface area contributed by atoms with Crippen LogP contribution in [0.4, 0.5) is 24.5 Å². The summed E-state index contributed by atoms with van der Waals surface area (Å²) < 4.78 is 39.4. The van der Waals surface area contributed by atoms with E-state index in [2.05, 4.69) is 4.90 Å². The predicted octanol–water partition coefficient (Wildman–Crippen LogP) is 4.27. The number of anilines is 2. The van der Waals surface area contributed by atoms with Crippen LogP contribution in [-0.2, 0) is 6.18 Å². The van der Waals surface area contributed by atoms with E-state index < -0.39 is 11.7 Å². The van der Waals surface area contributed by atoms with E-state index in [0.717, 1.165) is 51.4 Å². The third-order valence-corrected chi connectivity index (χ3v) is 6.56. The van der Waals surface area contributed by atoms with Crippen LogP contribution >= 0.6 is 0 Å². The zero-order valence-electron chi connectivity index (χ0n) is 19.0. The lowest BCUT2D eigenvalue weighted by Gasteiger charge is -2.36. The Hall–Kier alpha value is -3.07. The number of hydrogen-bond donors (Lipinski definition) is 1. The molecule has 1 saturated heterocycles. The van der Waals surface area contributed by atoms with Crippen molar-refractivity contribution in [1.82, 2.24) is 9.80 Å². The van der Waals surface area contributed by atoms with Crippen LogP contribution in [0.1, 0.15) is 52.0 Å². The van der Waals surface area contributed by atoms with Gasteiger partial charge in [-0.3, -0.25) is 19.4 Å². The molecule has 0 unspecified atom stereocenters. The molecule has 34 heavy (non-hydrogen) atoms. The van der Waals surface area contributed by atoms with Crippen molar-refractivity contribution in [1.29, 1.82) is 0 Å². The van der Waals surface area contributed by atoms with Crippen molar-refractivity contribution in [3.63, 3.8) is 0 Å². The molecule has 9 heteroatoms. The summed E-state index contributed by atoms with van der Waals surface area (Å²) in [6, 6.07) is 11.0. The van der Waals surface area contributed by atoms with Crippen LogP contribution < -0.4 is 10.6 Å². The Morgan fingerprint density at radius 1 is 0.794 bits per heavy atom. The number of nitrogen functional groups attached to an aromatic ring is 1. The summed E-state index contributed by atoms with van der Waals surface area (Å²) in [5.74, 6) is -0.413. The van der Waals surface area contributed by atoms with E-state index in [9.17, 15) is 22.8 Å². The zero-order chi connectivity index (χ0) is 24.3. The van der Waals surface area contributed by atoms with Crippen LogP contribution in [0, 0.1) is 0 Å². The molecule has 0 saturated carbocycles. The number of amides is 2. The molecule has 6 nitrogen and oxygen atoms in total. The van der Waals surface area contributed by atoms with E-state index >= 15 is 0 Å². The fraction of sp³-hybridized carbons (Fsp3) is 0.440. The molecule has 0 spiro atoms. The lowest BCUT2D eigenvalue weighted by molar-refractivity contribution is -0.136. The number of piperazine rings is 1. The van der Waals surface area contributed by atoms with E-state index in [-0.39, 0.29) is 17.5 Å². The van der Waals surface area contributed by atoms with Gasteiger partial charge in [0.1, 0.15) is 0 Å². The number of carbonyl (C=O) groups excluding carboxylic acids is 2. The molecule has 1 fully saturated rings. The first-order chi connectivity index (χ1) is 16.3. The summed E-state index contributed by atoms with van der Waals surface area (Å²) >= 11 is 0. The largest absolute Gasteiger partial charge is 0.418 e. The van der Waals surface area contributed by atoms with Gasteiger partial charge in [0.05, 0.1) is 16.7 Å². The van der Waals surface area contributed by atoms with E-state index in [1.807, 2.05) is 4.90 Å². The molecule has 0 atom stereocenters. The molecule has 4 rings (SSSR count). The number of carbonyl (C=O) groups is 2. The minimum atomic E-state index is -4.46. The summed E-state index contributed by atoms with van der Waals surface area (Å²) in [6.45, 7) is 4.28. The summed E-state index contributed by atoms with van der Waals surface area (Å²) in [4.78, 5) is 30.4. The van der Waals surface area contributed by atoms with Crippen molar-refractivity contribution >= 4 is 23.2 Å². The molecule has 0 bridgehead atoms. The summed E-state index contributed by atoms with van der Waals surface area (Å²) in [5, 5.41) is 0. The van der Waals surface area contributed by atoms with E-state index in [0.29, 0.717) is 36.4 Å². The highest BCUT2D eigenvalue weighted by molar-refractivity contribution is 6.21. The van der Waals surface area contributed by atoms with Gasteiger partial charge in [-0.2, -0.15) is 13.2 Å². The summed E-state index contributed by atoms with van der Waals surface area (Å²) in [5.41, 5.74) is 5.99. The van der Waals surface area contributed by atoms with Gasteiger partial charge < -0.3 is 10.6 Å².